The Bertz CT molecular complexity index is 630. The fourth-order valence-electron chi connectivity index (χ4n) is 3.28. The van der Waals surface area contributed by atoms with Crippen LogP contribution in [-0.2, 0) is 0 Å². The fraction of sp³-hybridized carbons (Fsp3) is 0.706. The molecule has 26 heavy (non-hydrogen) atoms. The Morgan fingerprint density at radius 2 is 2.15 bits per heavy atom. The van der Waals surface area contributed by atoms with E-state index in [0.717, 1.165) is 32.5 Å². The van der Waals surface area contributed by atoms with Crippen LogP contribution < -0.4 is 16.0 Å². The van der Waals surface area contributed by atoms with E-state index in [4.69, 9.17) is 22.4 Å². The molecule has 0 aliphatic carbocycles. The summed E-state index contributed by atoms with van der Waals surface area (Å²) in [5.41, 5.74) is 5.92. The number of hydrogen-bond donors (Lipinski definition) is 3. The highest BCUT2D eigenvalue weighted by atomic mass is 35.5. The number of nitrogen functional groups attached to an aromatic ring is 1. The van der Waals surface area contributed by atoms with E-state index in [2.05, 4.69) is 45.9 Å². The van der Waals surface area contributed by atoms with E-state index >= 15 is 0 Å². The van der Waals surface area contributed by atoms with Crippen molar-refractivity contribution in [3.05, 3.63) is 10.8 Å². The molecule has 8 nitrogen and oxygen atoms in total. The van der Waals surface area contributed by atoms with Crippen LogP contribution in [0.3, 0.4) is 0 Å². The smallest absolute Gasteiger partial charge is 0.273 e. The van der Waals surface area contributed by atoms with Crippen LogP contribution in [0, 0.1) is 0 Å². The van der Waals surface area contributed by atoms with E-state index in [9.17, 15) is 4.79 Å². The highest BCUT2D eigenvalue weighted by molar-refractivity contribution is 6.32. The molecule has 1 saturated heterocycles. The third kappa shape index (κ3) is 4.55. The van der Waals surface area contributed by atoms with Crippen LogP contribution in [0.25, 0.3) is 0 Å². The lowest BCUT2D eigenvalue weighted by Gasteiger charge is -2.44. The zero-order valence-corrected chi connectivity index (χ0v) is 16.5. The van der Waals surface area contributed by atoms with Crippen molar-refractivity contribution in [1.29, 1.82) is 0 Å². The van der Waals surface area contributed by atoms with Gasteiger partial charge < -0.3 is 21.1 Å². The van der Waals surface area contributed by atoms with Gasteiger partial charge in [-0.2, -0.15) is 0 Å². The molecule has 2 unspecified atom stereocenters. The lowest BCUT2D eigenvalue weighted by molar-refractivity contribution is 0.0940. The van der Waals surface area contributed by atoms with Gasteiger partial charge in [-0.15, -0.1) is 0 Å². The number of nitrogens with two attached hydrogens (primary N) is 1. The Labute approximate surface area is 159 Å². The second-order valence-corrected chi connectivity index (χ2v) is 6.91. The first-order chi connectivity index (χ1) is 12.4. The molecule has 2 rings (SSSR count). The second-order valence-electron chi connectivity index (χ2n) is 6.55. The van der Waals surface area contributed by atoms with Gasteiger partial charge in [0.05, 0.1) is 6.61 Å². The lowest BCUT2D eigenvalue weighted by atomic mass is 10.1. The summed E-state index contributed by atoms with van der Waals surface area (Å²) in [6, 6.07) is 0.941. The van der Waals surface area contributed by atoms with Crippen molar-refractivity contribution in [2.75, 3.05) is 43.4 Å². The molecule has 0 bridgehead atoms. The van der Waals surface area contributed by atoms with Gasteiger partial charge in [0.1, 0.15) is 0 Å². The maximum absolute atomic E-state index is 12.0. The predicted molar refractivity (Wildman–Crippen MR) is 104 cm³/mol. The maximum Gasteiger partial charge on any atom is 0.273 e. The summed E-state index contributed by atoms with van der Waals surface area (Å²) in [4.78, 5) is 25.1. The average molecular weight is 385 g/mol. The molecule has 146 valence electrons. The van der Waals surface area contributed by atoms with Gasteiger partial charge in [0, 0.05) is 38.3 Å². The first-order valence-corrected chi connectivity index (χ1v) is 9.53. The normalized spacial score (nSPS) is 19.4. The van der Waals surface area contributed by atoms with Crippen molar-refractivity contribution in [1.82, 2.24) is 20.2 Å². The first-order valence-electron chi connectivity index (χ1n) is 9.15. The number of carbonyl (C=O) groups excluding carboxylic acids is 1. The molecule has 1 amide bonds. The standard InChI is InChI=1S/C17H29ClN6O2/c1-4-11(3)24-8-7-23(10-12(24)5-2)16-14(18)21-13(15(19)22-16)17(26)20-6-9-25/h11-12,25H,4-10H2,1-3H3,(H2,19,22)(H,20,26). The highest BCUT2D eigenvalue weighted by Gasteiger charge is 2.30. The van der Waals surface area contributed by atoms with Crippen molar-refractivity contribution in [3.63, 3.8) is 0 Å². The molecule has 1 aromatic heterocycles. The molecular formula is C17H29ClN6O2. The van der Waals surface area contributed by atoms with Gasteiger partial charge in [0.2, 0.25) is 0 Å². The van der Waals surface area contributed by atoms with Crippen LogP contribution in [0.4, 0.5) is 11.6 Å². The number of hydrogen-bond acceptors (Lipinski definition) is 7. The molecule has 1 aliphatic heterocycles. The molecule has 2 heterocycles. The van der Waals surface area contributed by atoms with Crippen molar-refractivity contribution in [3.8, 4) is 0 Å². The van der Waals surface area contributed by atoms with E-state index < -0.39 is 5.91 Å². The number of halogens is 1. The third-order valence-corrected chi connectivity index (χ3v) is 5.19. The number of nitrogens with zero attached hydrogens (tertiary/aromatic N) is 4. The van der Waals surface area contributed by atoms with Gasteiger partial charge in [-0.05, 0) is 19.8 Å². The fourth-order valence-corrected chi connectivity index (χ4v) is 3.53. The molecule has 2 atom stereocenters. The van der Waals surface area contributed by atoms with Gasteiger partial charge in [0.25, 0.3) is 5.91 Å². The molecule has 1 aliphatic rings. The molecule has 9 heteroatoms. The lowest BCUT2D eigenvalue weighted by Crippen LogP contribution is -2.56. The van der Waals surface area contributed by atoms with Crippen LogP contribution in [0.15, 0.2) is 0 Å². The summed E-state index contributed by atoms with van der Waals surface area (Å²) < 4.78 is 0. The third-order valence-electron chi connectivity index (χ3n) is 4.93. The Kier molecular flexibility index (Phi) is 7.43. The first kappa shape index (κ1) is 20.7. The number of carbonyl (C=O) groups is 1. The maximum atomic E-state index is 12.0. The van der Waals surface area contributed by atoms with Gasteiger partial charge in [-0.25, -0.2) is 9.97 Å². The Balaban J connectivity index is 2.19. The Morgan fingerprint density at radius 3 is 2.77 bits per heavy atom. The summed E-state index contributed by atoms with van der Waals surface area (Å²) in [5.74, 6) is 0.0629. The SMILES string of the molecule is CCC(C)N1CCN(c2nc(N)c(C(=O)NCCO)nc2Cl)CC1CC. The predicted octanol–water partition coefficient (Wildman–Crippen LogP) is 1.13. The molecule has 0 aromatic carbocycles. The highest BCUT2D eigenvalue weighted by Crippen LogP contribution is 2.28. The van der Waals surface area contributed by atoms with E-state index in [1.165, 1.54) is 0 Å². The number of anilines is 2. The van der Waals surface area contributed by atoms with Crippen molar-refractivity contribution >= 4 is 29.1 Å². The molecule has 1 fully saturated rings. The monoisotopic (exact) mass is 384 g/mol. The minimum Gasteiger partial charge on any atom is -0.395 e. The topological polar surface area (TPSA) is 108 Å². The van der Waals surface area contributed by atoms with Gasteiger partial charge >= 0.3 is 0 Å². The minimum absolute atomic E-state index is 0.0162. The molecule has 0 radical (unpaired) electrons. The number of aliphatic hydroxyl groups is 1. The molecule has 0 spiro atoms. The number of nitrogens with one attached hydrogen (secondary N) is 1. The summed E-state index contributed by atoms with van der Waals surface area (Å²) in [6.45, 7) is 9.09. The van der Waals surface area contributed by atoms with Crippen molar-refractivity contribution in [2.24, 2.45) is 0 Å². The van der Waals surface area contributed by atoms with Gasteiger partial charge in [0.15, 0.2) is 22.5 Å². The van der Waals surface area contributed by atoms with Gasteiger partial charge in [-0.1, -0.05) is 25.4 Å². The summed E-state index contributed by atoms with van der Waals surface area (Å²) >= 11 is 6.32. The largest absolute Gasteiger partial charge is 0.395 e. The second kappa shape index (κ2) is 9.34. The molecule has 1 aromatic rings. The zero-order valence-electron chi connectivity index (χ0n) is 15.7. The van der Waals surface area contributed by atoms with Crippen molar-refractivity contribution in [2.45, 2.75) is 45.7 Å². The quantitative estimate of drug-likeness (QED) is 0.646. The van der Waals surface area contributed by atoms with E-state index in [-0.39, 0.29) is 29.8 Å². The van der Waals surface area contributed by atoms with Crippen molar-refractivity contribution < 1.29 is 9.90 Å². The molecular weight excluding hydrogens is 356 g/mol. The summed E-state index contributed by atoms with van der Waals surface area (Å²) in [6.07, 6.45) is 2.14. The van der Waals surface area contributed by atoms with Gasteiger partial charge in [-0.3, -0.25) is 9.69 Å². The van der Waals surface area contributed by atoms with Crippen LogP contribution >= 0.6 is 11.6 Å². The number of rotatable bonds is 7. The average Bonchev–Trinajstić information content (AvgIpc) is 2.66. The number of amides is 1. The molecule has 4 N–H and O–H groups in total. The summed E-state index contributed by atoms with van der Waals surface area (Å²) in [5, 5.41) is 11.5. The number of piperazine rings is 1. The van der Waals surface area contributed by atoms with Crippen LogP contribution in [0.1, 0.15) is 44.1 Å². The minimum atomic E-state index is -0.495. The summed E-state index contributed by atoms with van der Waals surface area (Å²) in [7, 11) is 0. The van der Waals surface area contributed by atoms with Crippen LogP contribution in [0.5, 0.6) is 0 Å². The number of aromatic nitrogens is 2. The van der Waals surface area contributed by atoms with E-state index in [1.807, 2.05) is 0 Å². The van der Waals surface area contributed by atoms with E-state index in [1.54, 1.807) is 0 Å². The van der Waals surface area contributed by atoms with E-state index in [0.29, 0.717) is 17.9 Å². The Hall–Kier alpha value is -1.64. The van der Waals surface area contributed by atoms with Crippen LogP contribution in [-0.4, -0.2) is 70.8 Å². The zero-order chi connectivity index (χ0) is 19.3. The Morgan fingerprint density at radius 1 is 1.42 bits per heavy atom. The van der Waals surface area contributed by atoms with Crippen LogP contribution in [0.2, 0.25) is 5.15 Å². The molecule has 0 saturated carbocycles. The number of aliphatic hydroxyl groups excluding tert-OH is 1.